The number of hydrogen-bond donors (Lipinski definition) is 0. The van der Waals surface area contributed by atoms with Crippen LogP contribution in [0, 0.1) is 13.8 Å². The van der Waals surface area contributed by atoms with E-state index in [9.17, 15) is 9.59 Å². The van der Waals surface area contributed by atoms with Crippen LogP contribution in [0.4, 0.5) is 0 Å². The van der Waals surface area contributed by atoms with Gasteiger partial charge in [-0.25, -0.2) is 0 Å². The molecule has 2 aromatic heterocycles. The molecule has 4 rings (SSSR count). The average Bonchev–Trinajstić information content (AvgIpc) is 3.11. The van der Waals surface area contributed by atoms with Crippen LogP contribution in [-0.4, -0.2) is 68.1 Å². The Hall–Kier alpha value is -3.00. The Bertz CT molecular complexity index is 1090. The van der Waals surface area contributed by atoms with Crippen LogP contribution in [0.2, 0.25) is 0 Å². The van der Waals surface area contributed by atoms with Gasteiger partial charge in [0.2, 0.25) is 11.7 Å². The largest absolute Gasteiger partial charge is 0.339 e. The Labute approximate surface area is 163 Å². The van der Waals surface area contributed by atoms with Gasteiger partial charge in [0.1, 0.15) is 6.54 Å². The first-order chi connectivity index (χ1) is 13.4. The summed E-state index contributed by atoms with van der Waals surface area (Å²) in [5.41, 5.74) is 2.39. The third-order valence-corrected chi connectivity index (χ3v) is 5.22. The number of carbonyl (C=O) groups is 1. The molecule has 0 aliphatic carbocycles. The molecule has 0 unspecified atom stereocenters. The summed E-state index contributed by atoms with van der Waals surface area (Å²) in [5, 5.41) is 4.40. The molecular weight excluding hydrogens is 356 g/mol. The second-order valence-corrected chi connectivity index (χ2v) is 7.41. The second kappa shape index (κ2) is 7.20. The normalized spacial score (nSPS) is 15.3. The minimum atomic E-state index is -0.248. The fraction of sp³-hybridized carbons (Fsp3) is 0.400. The monoisotopic (exact) mass is 380 g/mol. The van der Waals surface area contributed by atoms with E-state index in [1.807, 2.05) is 43.0 Å². The minimum absolute atomic E-state index is 0.0295. The Morgan fingerprint density at radius 2 is 1.86 bits per heavy atom. The standard InChI is InChI=1S/C20H24N6O2/c1-14-5-4-6-16(11-14)19-21-20-25(15(2)12-17(27)26(20)22-19)13-18(28)24-9-7-23(3)8-10-24/h4-6,11-12H,7-10,13H2,1-3H3. The fourth-order valence-electron chi connectivity index (χ4n) is 3.49. The van der Waals surface area contributed by atoms with E-state index in [1.165, 1.54) is 10.6 Å². The summed E-state index contributed by atoms with van der Waals surface area (Å²) >= 11 is 0. The lowest BCUT2D eigenvalue weighted by molar-refractivity contribution is -0.133. The van der Waals surface area contributed by atoms with Gasteiger partial charge in [-0.1, -0.05) is 23.8 Å². The van der Waals surface area contributed by atoms with Gasteiger partial charge in [-0.15, -0.1) is 5.10 Å². The summed E-state index contributed by atoms with van der Waals surface area (Å²) in [7, 11) is 2.06. The molecule has 8 nitrogen and oxygen atoms in total. The second-order valence-electron chi connectivity index (χ2n) is 7.41. The van der Waals surface area contributed by atoms with E-state index in [0.29, 0.717) is 30.4 Å². The highest BCUT2D eigenvalue weighted by Crippen LogP contribution is 2.17. The molecule has 0 N–H and O–H groups in total. The van der Waals surface area contributed by atoms with Gasteiger partial charge in [-0.05, 0) is 27.0 Å². The molecule has 3 heterocycles. The Morgan fingerprint density at radius 1 is 1.11 bits per heavy atom. The molecule has 0 spiro atoms. The number of aryl methyl sites for hydroxylation is 2. The number of nitrogens with zero attached hydrogens (tertiary/aromatic N) is 6. The van der Waals surface area contributed by atoms with Crippen molar-refractivity contribution >= 4 is 11.7 Å². The van der Waals surface area contributed by atoms with Crippen LogP contribution in [0.15, 0.2) is 35.1 Å². The number of benzene rings is 1. The molecule has 28 heavy (non-hydrogen) atoms. The van der Waals surface area contributed by atoms with E-state index in [1.54, 1.807) is 4.57 Å². The van der Waals surface area contributed by atoms with Crippen molar-refractivity contribution in [3.05, 3.63) is 51.9 Å². The lowest BCUT2D eigenvalue weighted by Crippen LogP contribution is -2.48. The molecule has 1 saturated heterocycles. The quantitative estimate of drug-likeness (QED) is 0.676. The summed E-state index contributed by atoms with van der Waals surface area (Å²) in [6.45, 7) is 7.12. The molecule has 3 aromatic rings. The van der Waals surface area contributed by atoms with Crippen LogP contribution in [0.5, 0.6) is 0 Å². The first kappa shape index (κ1) is 18.4. The zero-order valence-electron chi connectivity index (χ0n) is 16.4. The maximum atomic E-state index is 12.8. The maximum absolute atomic E-state index is 12.8. The number of hydrogen-bond acceptors (Lipinski definition) is 5. The average molecular weight is 380 g/mol. The van der Waals surface area contributed by atoms with Crippen LogP contribution >= 0.6 is 0 Å². The SMILES string of the molecule is Cc1cccc(-c2nc3n(CC(=O)N4CCN(C)CC4)c(C)cc(=O)n3n2)c1. The summed E-state index contributed by atoms with van der Waals surface area (Å²) in [4.78, 5) is 33.9. The summed E-state index contributed by atoms with van der Waals surface area (Å²) in [5.74, 6) is 0.901. The van der Waals surface area contributed by atoms with E-state index in [2.05, 4.69) is 22.0 Å². The number of likely N-dealkylation sites (N-methyl/N-ethyl adjacent to an activating group) is 1. The Balaban J connectivity index is 1.72. The van der Waals surface area contributed by atoms with Crippen molar-refractivity contribution in [1.82, 2.24) is 29.0 Å². The highest BCUT2D eigenvalue weighted by Gasteiger charge is 2.21. The molecule has 1 fully saturated rings. The molecule has 1 aromatic carbocycles. The van der Waals surface area contributed by atoms with Crippen LogP contribution in [0.1, 0.15) is 11.3 Å². The van der Waals surface area contributed by atoms with Gasteiger partial charge in [0.15, 0.2) is 5.82 Å². The number of amides is 1. The summed E-state index contributed by atoms with van der Waals surface area (Å²) < 4.78 is 3.05. The number of aromatic nitrogens is 4. The first-order valence-electron chi connectivity index (χ1n) is 9.43. The Kier molecular flexibility index (Phi) is 4.72. The summed E-state index contributed by atoms with van der Waals surface area (Å²) in [6, 6.07) is 9.33. The van der Waals surface area contributed by atoms with Crippen LogP contribution in [0.3, 0.4) is 0 Å². The maximum Gasteiger partial charge on any atom is 0.275 e. The lowest BCUT2D eigenvalue weighted by Gasteiger charge is -2.32. The smallest absolute Gasteiger partial charge is 0.275 e. The van der Waals surface area contributed by atoms with Crippen LogP contribution < -0.4 is 5.56 Å². The van der Waals surface area contributed by atoms with Crippen molar-refractivity contribution in [1.29, 1.82) is 0 Å². The fourth-order valence-corrected chi connectivity index (χ4v) is 3.49. The van der Waals surface area contributed by atoms with Crippen molar-refractivity contribution in [2.75, 3.05) is 33.2 Å². The molecule has 8 heteroatoms. The molecule has 0 radical (unpaired) electrons. The van der Waals surface area contributed by atoms with Crippen LogP contribution in [-0.2, 0) is 11.3 Å². The summed E-state index contributed by atoms with van der Waals surface area (Å²) in [6.07, 6.45) is 0. The predicted molar refractivity (Wildman–Crippen MR) is 106 cm³/mol. The predicted octanol–water partition coefficient (Wildman–Crippen LogP) is 0.949. The van der Waals surface area contributed by atoms with Crippen molar-refractivity contribution in [3.8, 4) is 11.4 Å². The van der Waals surface area contributed by atoms with E-state index in [-0.39, 0.29) is 18.0 Å². The molecule has 0 saturated carbocycles. The molecule has 146 valence electrons. The number of carbonyl (C=O) groups excluding carboxylic acids is 1. The Morgan fingerprint density at radius 3 is 2.57 bits per heavy atom. The number of rotatable bonds is 3. The zero-order chi connectivity index (χ0) is 19.8. The first-order valence-corrected chi connectivity index (χ1v) is 9.43. The van der Waals surface area contributed by atoms with Gasteiger partial charge in [-0.3, -0.25) is 9.59 Å². The molecular formula is C20H24N6O2. The van der Waals surface area contributed by atoms with Crippen molar-refractivity contribution in [2.45, 2.75) is 20.4 Å². The molecule has 1 aliphatic rings. The third kappa shape index (κ3) is 3.43. The van der Waals surface area contributed by atoms with Crippen molar-refractivity contribution in [2.24, 2.45) is 0 Å². The molecule has 0 bridgehead atoms. The van der Waals surface area contributed by atoms with Gasteiger partial charge < -0.3 is 14.4 Å². The van der Waals surface area contributed by atoms with Gasteiger partial charge >= 0.3 is 0 Å². The zero-order valence-corrected chi connectivity index (χ0v) is 16.4. The highest BCUT2D eigenvalue weighted by molar-refractivity contribution is 5.77. The van der Waals surface area contributed by atoms with Crippen molar-refractivity contribution in [3.63, 3.8) is 0 Å². The van der Waals surface area contributed by atoms with E-state index in [4.69, 9.17) is 0 Å². The third-order valence-electron chi connectivity index (χ3n) is 5.22. The molecule has 0 atom stereocenters. The van der Waals surface area contributed by atoms with Crippen LogP contribution in [0.25, 0.3) is 17.2 Å². The van der Waals surface area contributed by atoms with E-state index < -0.39 is 0 Å². The van der Waals surface area contributed by atoms with Crippen molar-refractivity contribution < 1.29 is 4.79 Å². The number of piperazine rings is 1. The van der Waals surface area contributed by atoms with Gasteiger partial charge in [0.25, 0.3) is 5.56 Å². The van der Waals surface area contributed by atoms with Gasteiger partial charge in [0.05, 0.1) is 0 Å². The van der Waals surface area contributed by atoms with E-state index in [0.717, 1.165) is 24.2 Å². The van der Waals surface area contributed by atoms with Gasteiger partial charge in [-0.2, -0.15) is 9.50 Å². The topological polar surface area (TPSA) is 75.7 Å². The minimum Gasteiger partial charge on any atom is -0.339 e. The van der Waals surface area contributed by atoms with Gasteiger partial charge in [0, 0.05) is 43.5 Å². The van der Waals surface area contributed by atoms with E-state index >= 15 is 0 Å². The molecule has 1 amide bonds. The highest BCUT2D eigenvalue weighted by atomic mass is 16.2. The number of fused-ring (bicyclic) bond motifs is 1. The molecule has 1 aliphatic heterocycles. The lowest BCUT2D eigenvalue weighted by atomic mass is 10.1.